The topological polar surface area (TPSA) is 3.88 Å². The van der Waals surface area contributed by atoms with Crippen LogP contribution < -0.4 is 4.57 Å². The Bertz CT molecular complexity index is 795. The summed E-state index contributed by atoms with van der Waals surface area (Å²) in [4.78, 5) is 0. The first-order valence-electron chi connectivity index (χ1n) is 25.8. The van der Waals surface area contributed by atoms with Crippen LogP contribution in [0.3, 0.4) is 0 Å². The fourth-order valence-electron chi connectivity index (χ4n) is 8.71. The number of rotatable bonds is 45. The van der Waals surface area contributed by atoms with Crippen molar-refractivity contribution >= 4 is 0 Å². The van der Waals surface area contributed by atoms with Gasteiger partial charge in [0.2, 0.25) is 0 Å². The molecule has 0 atom stereocenters. The monoisotopic (exact) mass is 753 g/mol. The number of nitrogens with zero attached hydrogens (tertiary/aromatic N) is 1. The SMILES string of the molecule is CCCCCCCCCCCCCCCCCC[n+]1cc(CCCCCCCCCCCCCCC)cc(CCCCCCCCCCCCCCC)c1. The van der Waals surface area contributed by atoms with Gasteiger partial charge in [-0.3, -0.25) is 0 Å². The predicted molar refractivity (Wildman–Crippen MR) is 245 cm³/mol. The lowest BCUT2D eigenvalue weighted by atomic mass is 10.0. The second-order valence-electron chi connectivity index (χ2n) is 18.1. The minimum Gasteiger partial charge on any atom is -0.205 e. The number of aryl methyl sites for hydroxylation is 3. The molecule has 0 saturated carbocycles. The molecule has 1 aromatic heterocycles. The van der Waals surface area contributed by atoms with Gasteiger partial charge in [-0.2, -0.15) is 0 Å². The molecule has 0 aliphatic rings. The summed E-state index contributed by atoms with van der Waals surface area (Å²) in [6.07, 6.45) is 68.3. The second-order valence-corrected chi connectivity index (χ2v) is 18.1. The molecule has 0 N–H and O–H groups in total. The zero-order chi connectivity index (χ0) is 38.7. The van der Waals surface area contributed by atoms with E-state index in [2.05, 4.69) is 43.8 Å². The van der Waals surface area contributed by atoms with Gasteiger partial charge in [0.05, 0.1) is 0 Å². The normalized spacial score (nSPS) is 11.6. The van der Waals surface area contributed by atoms with Crippen LogP contribution in [-0.4, -0.2) is 0 Å². The molecule has 54 heavy (non-hydrogen) atoms. The quantitative estimate of drug-likeness (QED) is 0.0461. The highest BCUT2D eigenvalue weighted by atomic mass is 14.9. The minimum absolute atomic E-state index is 1.22. The lowest BCUT2D eigenvalue weighted by Crippen LogP contribution is -2.34. The minimum atomic E-state index is 1.22. The summed E-state index contributed by atoms with van der Waals surface area (Å²) >= 11 is 0. The predicted octanol–water partition coefficient (Wildman–Crippen LogP) is 18.5. The Kier molecular flexibility index (Phi) is 41.0. The molecule has 0 aliphatic heterocycles. The molecule has 1 nitrogen and oxygen atoms in total. The van der Waals surface area contributed by atoms with Gasteiger partial charge in [0.15, 0.2) is 12.4 Å². The maximum absolute atomic E-state index is 2.60. The van der Waals surface area contributed by atoms with Crippen LogP contribution >= 0.6 is 0 Å². The second kappa shape index (κ2) is 43.3. The molecule has 0 bridgehead atoms. The zero-order valence-electron chi connectivity index (χ0n) is 38.0. The van der Waals surface area contributed by atoms with Crippen molar-refractivity contribution in [3.05, 3.63) is 29.6 Å². The molecule has 0 amide bonds. The lowest BCUT2D eigenvalue weighted by molar-refractivity contribution is -0.698. The molecule has 0 fully saturated rings. The summed E-state index contributed by atoms with van der Waals surface area (Å²) in [5.74, 6) is 0. The molecule has 1 heteroatoms. The number of hydrogen-bond donors (Lipinski definition) is 0. The van der Waals surface area contributed by atoms with E-state index in [4.69, 9.17) is 0 Å². The van der Waals surface area contributed by atoms with E-state index in [9.17, 15) is 0 Å². The van der Waals surface area contributed by atoms with Crippen molar-refractivity contribution in [1.82, 2.24) is 0 Å². The summed E-state index contributed by atoms with van der Waals surface area (Å²) < 4.78 is 2.60. The first kappa shape index (κ1) is 51.2. The molecule has 0 radical (unpaired) electrons. The average molecular weight is 753 g/mol. The van der Waals surface area contributed by atoms with Gasteiger partial charge in [-0.05, 0) is 38.2 Å². The molecule has 0 saturated heterocycles. The van der Waals surface area contributed by atoms with E-state index < -0.39 is 0 Å². The average Bonchev–Trinajstić information content (AvgIpc) is 3.18. The van der Waals surface area contributed by atoms with Crippen molar-refractivity contribution in [1.29, 1.82) is 0 Å². The Morgan fingerprint density at radius 1 is 0.259 bits per heavy atom. The van der Waals surface area contributed by atoms with Crippen LogP contribution in [0.2, 0.25) is 0 Å². The van der Waals surface area contributed by atoms with E-state index in [-0.39, 0.29) is 0 Å². The highest BCUT2D eigenvalue weighted by Gasteiger charge is 2.09. The van der Waals surface area contributed by atoms with Crippen LogP contribution in [0.25, 0.3) is 0 Å². The Hall–Kier alpha value is -0.850. The highest BCUT2D eigenvalue weighted by molar-refractivity contribution is 5.15. The largest absolute Gasteiger partial charge is 0.205 e. The molecular weight excluding hydrogens is 651 g/mol. The van der Waals surface area contributed by atoms with Gasteiger partial charge in [-0.25, -0.2) is 4.57 Å². The molecule has 0 spiro atoms. The summed E-state index contributed by atoms with van der Waals surface area (Å²) in [7, 11) is 0. The summed E-state index contributed by atoms with van der Waals surface area (Å²) in [6, 6.07) is 2.59. The van der Waals surface area contributed by atoms with Crippen LogP contribution in [0, 0.1) is 0 Å². The van der Waals surface area contributed by atoms with Crippen LogP contribution in [0.5, 0.6) is 0 Å². The van der Waals surface area contributed by atoms with E-state index >= 15 is 0 Å². The van der Waals surface area contributed by atoms with Gasteiger partial charge >= 0.3 is 0 Å². The Morgan fingerprint density at radius 3 is 0.704 bits per heavy atom. The maximum atomic E-state index is 2.60. The molecule has 1 rings (SSSR count). The van der Waals surface area contributed by atoms with Gasteiger partial charge in [-0.1, -0.05) is 265 Å². The number of pyridine rings is 1. The molecule has 318 valence electrons. The molecule has 1 aromatic rings. The van der Waals surface area contributed by atoms with Crippen LogP contribution in [0.15, 0.2) is 18.5 Å². The van der Waals surface area contributed by atoms with Crippen LogP contribution in [-0.2, 0) is 19.4 Å². The van der Waals surface area contributed by atoms with Gasteiger partial charge in [0.1, 0.15) is 6.54 Å². The third-order valence-electron chi connectivity index (χ3n) is 12.4. The Balaban J connectivity index is 2.28. The molecule has 0 unspecified atom stereocenters. The number of unbranched alkanes of at least 4 members (excludes halogenated alkanes) is 39. The first-order chi connectivity index (χ1) is 26.8. The third kappa shape index (κ3) is 36.8. The van der Waals surface area contributed by atoms with Crippen molar-refractivity contribution in [2.75, 3.05) is 0 Å². The van der Waals surface area contributed by atoms with E-state index in [1.807, 2.05) is 0 Å². The van der Waals surface area contributed by atoms with Gasteiger partial charge in [0, 0.05) is 17.5 Å². The lowest BCUT2D eigenvalue weighted by Gasteiger charge is -2.08. The molecule has 0 aliphatic carbocycles. The fourth-order valence-corrected chi connectivity index (χ4v) is 8.71. The highest BCUT2D eigenvalue weighted by Crippen LogP contribution is 2.18. The zero-order valence-corrected chi connectivity index (χ0v) is 38.0. The summed E-state index contributed by atoms with van der Waals surface area (Å²) in [5, 5.41) is 0. The van der Waals surface area contributed by atoms with Gasteiger partial charge < -0.3 is 0 Å². The van der Waals surface area contributed by atoms with Gasteiger partial charge in [-0.15, -0.1) is 0 Å². The molecular formula is C53H102N+. The molecule has 0 aromatic carbocycles. The smallest absolute Gasteiger partial charge is 0.171 e. The van der Waals surface area contributed by atoms with Crippen molar-refractivity contribution in [2.45, 2.75) is 310 Å². The molecule has 1 heterocycles. The summed E-state index contributed by atoms with van der Waals surface area (Å²) in [5.41, 5.74) is 3.23. The van der Waals surface area contributed by atoms with Crippen molar-refractivity contribution in [3.63, 3.8) is 0 Å². The first-order valence-corrected chi connectivity index (χ1v) is 25.8. The van der Waals surface area contributed by atoms with Crippen molar-refractivity contribution in [2.24, 2.45) is 0 Å². The van der Waals surface area contributed by atoms with Gasteiger partial charge in [0.25, 0.3) is 0 Å². The van der Waals surface area contributed by atoms with Crippen LogP contribution in [0.1, 0.15) is 302 Å². The van der Waals surface area contributed by atoms with E-state index in [1.54, 1.807) is 11.1 Å². The fraction of sp³-hybridized carbons (Fsp3) is 0.906. The third-order valence-corrected chi connectivity index (χ3v) is 12.4. The number of aromatic nitrogens is 1. The Morgan fingerprint density at radius 2 is 0.463 bits per heavy atom. The van der Waals surface area contributed by atoms with Crippen LogP contribution in [0.4, 0.5) is 0 Å². The van der Waals surface area contributed by atoms with E-state index in [0.29, 0.717) is 0 Å². The standard InChI is InChI=1S/C53H102N/c1-4-7-10-13-16-19-22-25-26-27-30-33-36-39-42-45-48-54-50-52(46-43-40-37-34-31-28-23-20-17-14-11-8-5-2)49-53(51-54)47-44-41-38-35-32-29-24-21-18-15-12-9-6-3/h49-51H,4-48H2,1-3H3/q+1. The van der Waals surface area contributed by atoms with E-state index in [1.165, 1.54) is 289 Å². The Labute approximate surface area is 342 Å². The van der Waals surface area contributed by atoms with E-state index in [0.717, 1.165) is 0 Å². The summed E-state index contributed by atoms with van der Waals surface area (Å²) in [6.45, 7) is 8.17. The van der Waals surface area contributed by atoms with Crippen molar-refractivity contribution < 1.29 is 4.57 Å². The maximum Gasteiger partial charge on any atom is 0.171 e. The number of hydrogen-bond acceptors (Lipinski definition) is 0. The van der Waals surface area contributed by atoms with Crippen molar-refractivity contribution in [3.8, 4) is 0 Å².